The minimum absolute atomic E-state index is 0.154. The minimum atomic E-state index is -0.329. The Hall–Kier alpha value is -2.93. The Kier molecular flexibility index (Phi) is 6.26. The highest BCUT2D eigenvalue weighted by Crippen LogP contribution is 2.30. The summed E-state index contributed by atoms with van der Waals surface area (Å²) in [6.45, 7) is 4.60. The maximum Gasteiger partial charge on any atom is 0.254 e. The first-order valence-electron chi connectivity index (χ1n) is 8.98. The van der Waals surface area contributed by atoms with Crippen LogP contribution < -0.4 is 10.6 Å². The van der Waals surface area contributed by atoms with Crippen LogP contribution in [0.25, 0.3) is 5.00 Å². The van der Waals surface area contributed by atoms with Gasteiger partial charge in [0.05, 0.1) is 12.0 Å². The molecule has 0 saturated carbocycles. The predicted molar refractivity (Wildman–Crippen MR) is 109 cm³/mol. The summed E-state index contributed by atoms with van der Waals surface area (Å²) < 4.78 is 14.8. The first kappa shape index (κ1) is 19.8. The monoisotopic (exact) mass is 399 g/mol. The Morgan fingerprint density at radius 3 is 2.36 bits per heavy atom. The van der Waals surface area contributed by atoms with Crippen molar-refractivity contribution in [2.24, 2.45) is 0 Å². The summed E-state index contributed by atoms with van der Waals surface area (Å²) in [6.07, 6.45) is 4.00. The van der Waals surface area contributed by atoms with Crippen LogP contribution in [0.1, 0.15) is 26.4 Å². The first-order valence-corrected chi connectivity index (χ1v) is 9.80. The number of benzene rings is 1. The number of carbonyl (C=O) groups excluding carboxylic acids is 2. The van der Waals surface area contributed by atoms with E-state index >= 15 is 0 Å². The lowest BCUT2D eigenvalue weighted by atomic mass is 10.1. The van der Waals surface area contributed by atoms with Crippen molar-refractivity contribution < 1.29 is 14.0 Å². The van der Waals surface area contributed by atoms with Gasteiger partial charge in [0.15, 0.2) is 0 Å². The van der Waals surface area contributed by atoms with Gasteiger partial charge in [0, 0.05) is 30.4 Å². The number of hydrogen-bond donors (Lipinski definition) is 2. The average Bonchev–Trinajstić information content (AvgIpc) is 3.29. The number of aromatic nitrogens is 1. The molecule has 0 aliphatic rings. The van der Waals surface area contributed by atoms with Gasteiger partial charge in [-0.3, -0.25) is 9.59 Å². The number of rotatable bonds is 7. The van der Waals surface area contributed by atoms with E-state index in [1.165, 1.54) is 12.1 Å². The molecular weight excluding hydrogens is 377 g/mol. The van der Waals surface area contributed by atoms with Gasteiger partial charge in [0.2, 0.25) is 5.91 Å². The van der Waals surface area contributed by atoms with Crippen molar-refractivity contribution in [2.75, 3.05) is 13.1 Å². The molecule has 5 nitrogen and oxygen atoms in total. The number of amides is 2. The van der Waals surface area contributed by atoms with Gasteiger partial charge in [-0.1, -0.05) is 12.1 Å². The maximum atomic E-state index is 12.9. The van der Waals surface area contributed by atoms with Crippen LogP contribution in [-0.4, -0.2) is 29.5 Å². The van der Waals surface area contributed by atoms with Gasteiger partial charge in [0.1, 0.15) is 10.8 Å². The van der Waals surface area contributed by atoms with Crippen molar-refractivity contribution in [3.8, 4) is 5.00 Å². The molecule has 0 radical (unpaired) electrons. The fraction of sp³-hybridized carbons (Fsp3) is 0.238. The number of carbonyl (C=O) groups is 2. The molecule has 28 heavy (non-hydrogen) atoms. The molecule has 3 aromatic rings. The number of aryl methyl sites for hydroxylation is 1. The summed E-state index contributed by atoms with van der Waals surface area (Å²) in [6, 6.07) is 9.67. The molecule has 7 heteroatoms. The molecule has 2 N–H and O–H groups in total. The van der Waals surface area contributed by atoms with E-state index in [0.29, 0.717) is 18.7 Å². The van der Waals surface area contributed by atoms with Crippen LogP contribution in [0.2, 0.25) is 0 Å². The predicted octanol–water partition coefficient (Wildman–Crippen LogP) is 3.38. The smallest absolute Gasteiger partial charge is 0.254 e. The molecule has 0 bridgehead atoms. The molecule has 1 aromatic carbocycles. The molecule has 0 spiro atoms. The molecule has 146 valence electrons. The van der Waals surface area contributed by atoms with E-state index in [0.717, 1.165) is 21.0 Å². The van der Waals surface area contributed by atoms with Crippen molar-refractivity contribution in [1.29, 1.82) is 0 Å². The molecule has 0 aliphatic carbocycles. The van der Waals surface area contributed by atoms with Crippen LogP contribution in [0.15, 0.2) is 48.8 Å². The van der Waals surface area contributed by atoms with Crippen LogP contribution in [-0.2, 0) is 11.2 Å². The van der Waals surface area contributed by atoms with E-state index in [9.17, 15) is 14.0 Å². The molecule has 0 saturated heterocycles. The van der Waals surface area contributed by atoms with Crippen molar-refractivity contribution in [3.05, 3.63) is 76.2 Å². The van der Waals surface area contributed by atoms with E-state index in [1.807, 2.05) is 42.9 Å². The normalized spacial score (nSPS) is 10.7. The summed E-state index contributed by atoms with van der Waals surface area (Å²) in [4.78, 5) is 25.8. The number of halogens is 1. The Morgan fingerprint density at radius 2 is 1.68 bits per heavy atom. The topological polar surface area (TPSA) is 63.1 Å². The van der Waals surface area contributed by atoms with Crippen LogP contribution in [0.5, 0.6) is 0 Å². The third-order valence-electron chi connectivity index (χ3n) is 4.44. The Morgan fingerprint density at radius 1 is 1.04 bits per heavy atom. The summed E-state index contributed by atoms with van der Waals surface area (Å²) in [5.74, 6) is -0.653. The molecule has 0 aliphatic heterocycles. The number of hydrogen-bond acceptors (Lipinski definition) is 3. The van der Waals surface area contributed by atoms with Gasteiger partial charge in [0.25, 0.3) is 5.91 Å². The molecule has 0 atom stereocenters. The van der Waals surface area contributed by atoms with Gasteiger partial charge in [-0.05, 0) is 49.2 Å². The SMILES string of the molecule is Cc1sc(-n2cccc2)c(C(=O)NCCNC(=O)Cc2ccc(F)cc2)c1C. The lowest BCUT2D eigenvalue weighted by Crippen LogP contribution is -2.35. The van der Waals surface area contributed by atoms with Crippen LogP contribution in [0.4, 0.5) is 4.39 Å². The summed E-state index contributed by atoms with van der Waals surface area (Å²) in [5, 5.41) is 6.52. The quantitative estimate of drug-likeness (QED) is 0.598. The van der Waals surface area contributed by atoms with Crippen molar-refractivity contribution in [3.63, 3.8) is 0 Å². The third kappa shape index (κ3) is 4.67. The third-order valence-corrected chi connectivity index (χ3v) is 5.66. The minimum Gasteiger partial charge on any atom is -0.354 e. The average molecular weight is 399 g/mol. The van der Waals surface area contributed by atoms with E-state index < -0.39 is 0 Å². The van der Waals surface area contributed by atoms with Gasteiger partial charge in [-0.2, -0.15) is 0 Å². The van der Waals surface area contributed by atoms with E-state index in [1.54, 1.807) is 23.5 Å². The zero-order valence-electron chi connectivity index (χ0n) is 15.8. The van der Waals surface area contributed by atoms with E-state index in [-0.39, 0.29) is 24.1 Å². The highest BCUT2D eigenvalue weighted by Gasteiger charge is 2.20. The lowest BCUT2D eigenvalue weighted by Gasteiger charge is -2.09. The molecular formula is C21H22FN3O2S. The molecule has 2 heterocycles. The fourth-order valence-electron chi connectivity index (χ4n) is 2.84. The largest absolute Gasteiger partial charge is 0.354 e. The van der Waals surface area contributed by atoms with Crippen LogP contribution in [0.3, 0.4) is 0 Å². The zero-order chi connectivity index (χ0) is 20.1. The highest BCUT2D eigenvalue weighted by atomic mass is 32.1. The van der Waals surface area contributed by atoms with E-state index in [4.69, 9.17) is 0 Å². The van der Waals surface area contributed by atoms with Gasteiger partial charge in [-0.25, -0.2) is 4.39 Å². The van der Waals surface area contributed by atoms with E-state index in [2.05, 4.69) is 10.6 Å². The van der Waals surface area contributed by atoms with Crippen molar-refractivity contribution in [1.82, 2.24) is 15.2 Å². The van der Waals surface area contributed by atoms with Crippen molar-refractivity contribution >= 4 is 23.2 Å². The summed E-state index contributed by atoms with van der Waals surface area (Å²) >= 11 is 1.58. The second-order valence-corrected chi connectivity index (χ2v) is 7.67. The summed E-state index contributed by atoms with van der Waals surface area (Å²) in [5.41, 5.74) is 2.37. The number of nitrogens with one attached hydrogen (secondary N) is 2. The van der Waals surface area contributed by atoms with Gasteiger partial charge >= 0.3 is 0 Å². The van der Waals surface area contributed by atoms with Crippen molar-refractivity contribution in [2.45, 2.75) is 20.3 Å². The van der Waals surface area contributed by atoms with Crippen LogP contribution in [0, 0.1) is 19.7 Å². The molecule has 0 unspecified atom stereocenters. The van der Waals surface area contributed by atoms with Crippen LogP contribution >= 0.6 is 11.3 Å². The molecule has 2 aromatic heterocycles. The second-order valence-electron chi connectivity index (χ2n) is 6.46. The number of nitrogens with zero attached hydrogens (tertiary/aromatic N) is 1. The summed E-state index contributed by atoms with van der Waals surface area (Å²) in [7, 11) is 0. The Labute approximate surface area is 167 Å². The Balaban J connectivity index is 1.52. The maximum absolute atomic E-state index is 12.9. The lowest BCUT2D eigenvalue weighted by molar-refractivity contribution is -0.120. The standard InChI is InChI=1S/C21H22FN3O2S/c1-14-15(2)28-21(25-11-3-4-12-25)19(14)20(27)24-10-9-23-18(26)13-16-5-7-17(22)8-6-16/h3-8,11-12H,9-10,13H2,1-2H3,(H,23,26)(H,24,27). The highest BCUT2D eigenvalue weighted by molar-refractivity contribution is 7.15. The zero-order valence-corrected chi connectivity index (χ0v) is 16.6. The molecule has 3 rings (SSSR count). The Bertz CT molecular complexity index is 962. The van der Waals surface area contributed by atoms with Gasteiger partial charge in [-0.15, -0.1) is 11.3 Å². The molecule has 0 fully saturated rings. The number of thiophene rings is 1. The second kappa shape index (κ2) is 8.84. The van der Waals surface area contributed by atoms with Gasteiger partial charge < -0.3 is 15.2 Å². The first-order chi connectivity index (χ1) is 13.5. The fourth-order valence-corrected chi connectivity index (χ4v) is 3.96. The molecule has 2 amide bonds.